The molecule has 2 aromatic rings. The summed E-state index contributed by atoms with van der Waals surface area (Å²) in [5.41, 5.74) is 0.752. The molecule has 1 aliphatic heterocycles. The number of allylic oxidation sites excluding steroid dienone is 1. The van der Waals surface area contributed by atoms with E-state index in [2.05, 4.69) is 4.98 Å². The number of sulfonamides is 1. The molecule has 11 heteroatoms. The van der Waals surface area contributed by atoms with E-state index in [0.717, 1.165) is 12.3 Å². The first kappa shape index (κ1) is 23.1. The fraction of sp³-hybridized carbons (Fsp3) is 0.364. The Morgan fingerprint density at radius 1 is 1.18 bits per heavy atom. The highest BCUT2D eigenvalue weighted by Crippen LogP contribution is 2.36. The predicted octanol–water partition coefficient (Wildman–Crippen LogP) is 3.66. The van der Waals surface area contributed by atoms with Gasteiger partial charge in [0.15, 0.2) is 0 Å². The second kappa shape index (κ2) is 8.05. The van der Waals surface area contributed by atoms with Gasteiger partial charge in [0.25, 0.3) is 10.0 Å². The quantitative estimate of drug-likeness (QED) is 0.717. The fourth-order valence-electron chi connectivity index (χ4n) is 4.49. The highest BCUT2D eigenvalue weighted by Gasteiger charge is 2.38. The van der Waals surface area contributed by atoms with Crippen molar-refractivity contribution in [3.63, 3.8) is 0 Å². The molecule has 0 radical (unpaired) electrons. The predicted molar refractivity (Wildman–Crippen MR) is 114 cm³/mol. The van der Waals surface area contributed by atoms with Crippen LogP contribution in [0.15, 0.2) is 53.3 Å². The number of aromatic nitrogens is 1. The van der Waals surface area contributed by atoms with Crippen molar-refractivity contribution in [2.24, 2.45) is 5.92 Å². The Balaban J connectivity index is 1.65. The van der Waals surface area contributed by atoms with Crippen LogP contribution in [0.25, 0.3) is 0 Å². The molecule has 1 unspecified atom stereocenters. The smallest absolute Gasteiger partial charge is 0.417 e. The van der Waals surface area contributed by atoms with Gasteiger partial charge in [-0.1, -0.05) is 12.1 Å². The van der Waals surface area contributed by atoms with Gasteiger partial charge in [-0.2, -0.15) is 13.2 Å². The average Bonchev–Trinajstić information content (AvgIpc) is 3.17. The average molecular weight is 481 g/mol. The number of pyridine rings is 1. The van der Waals surface area contributed by atoms with Gasteiger partial charge in [-0.05, 0) is 56.0 Å². The standard InChI is InChI=1S/C22H22F3N3O4S/c1-13-11-27(20-7-6-17(10-26-20)22(23,24)25)12-14(2)28(13)33(31,32)19-5-3-4-15-8-16(21(29)30)9-18(15)19/h3-7,10-11,14,16H,8-9,12H2,1-2H3,(H,29,30)/t14-,16?/m1/s1. The van der Waals surface area contributed by atoms with Gasteiger partial charge in [0.2, 0.25) is 0 Å². The number of carbonyl (C=O) groups is 1. The Kier molecular flexibility index (Phi) is 5.63. The molecule has 0 bridgehead atoms. The Labute approximate surface area is 189 Å². The van der Waals surface area contributed by atoms with Gasteiger partial charge in [0.1, 0.15) is 5.82 Å². The van der Waals surface area contributed by atoms with E-state index in [1.807, 2.05) is 0 Å². The summed E-state index contributed by atoms with van der Waals surface area (Å²) in [4.78, 5) is 17.0. The van der Waals surface area contributed by atoms with Crippen LogP contribution in [0.5, 0.6) is 0 Å². The third-order valence-corrected chi connectivity index (χ3v) is 8.06. The second-order valence-corrected chi connectivity index (χ2v) is 10.1. The van der Waals surface area contributed by atoms with Crippen molar-refractivity contribution in [2.45, 2.75) is 43.8 Å². The van der Waals surface area contributed by atoms with Crippen LogP contribution in [0.1, 0.15) is 30.5 Å². The molecule has 0 amide bonds. The number of fused-ring (bicyclic) bond motifs is 1. The molecule has 1 aromatic carbocycles. The number of benzene rings is 1. The lowest BCUT2D eigenvalue weighted by Crippen LogP contribution is -2.47. The van der Waals surface area contributed by atoms with Gasteiger partial charge in [-0.15, -0.1) is 0 Å². The molecule has 33 heavy (non-hydrogen) atoms. The minimum atomic E-state index is -4.49. The lowest BCUT2D eigenvalue weighted by molar-refractivity contribution is -0.141. The molecule has 0 saturated carbocycles. The number of alkyl halides is 3. The van der Waals surface area contributed by atoms with Crippen LogP contribution in [0, 0.1) is 5.92 Å². The molecule has 0 saturated heterocycles. The normalized spacial score (nSPS) is 21.1. The van der Waals surface area contributed by atoms with Crippen LogP contribution in [0.4, 0.5) is 19.0 Å². The largest absolute Gasteiger partial charge is 0.481 e. The fourth-order valence-corrected chi connectivity index (χ4v) is 6.45. The van der Waals surface area contributed by atoms with E-state index in [0.29, 0.717) is 16.8 Å². The summed E-state index contributed by atoms with van der Waals surface area (Å²) < 4.78 is 67.0. The molecule has 2 atom stereocenters. The number of hydrogen-bond donors (Lipinski definition) is 1. The molecule has 176 valence electrons. The van der Waals surface area contributed by atoms with Crippen molar-refractivity contribution in [1.29, 1.82) is 0 Å². The van der Waals surface area contributed by atoms with Crippen molar-refractivity contribution < 1.29 is 31.5 Å². The third-order valence-electron chi connectivity index (χ3n) is 5.95. The molecule has 4 rings (SSSR count). The minimum absolute atomic E-state index is 0.0875. The molecule has 7 nitrogen and oxygen atoms in total. The van der Waals surface area contributed by atoms with Crippen LogP contribution in [0.3, 0.4) is 0 Å². The van der Waals surface area contributed by atoms with Crippen LogP contribution in [0.2, 0.25) is 0 Å². The lowest BCUT2D eigenvalue weighted by Gasteiger charge is -2.39. The molecule has 1 aromatic heterocycles. The van der Waals surface area contributed by atoms with E-state index in [9.17, 15) is 31.5 Å². The highest BCUT2D eigenvalue weighted by atomic mass is 32.2. The second-order valence-electron chi connectivity index (χ2n) is 8.31. The Morgan fingerprint density at radius 3 is 2.48 bits per heavy atom. The number of nitrogens with zero attached hydrogens (tertiary/aromatic N) is 3. The monoisotopic (exact) mass is 481 g/mol. The maximum atomic E-state index is 13.6. The zero-order chi connectivity index (χ0) is 24.1. The van der Waals surface area contributed by atoms with Crippen molar-refractivity contribution >= 4 is 21.8 Å². The number of anilines is 1. The molecular weight excluding hydrogens is 459 g/mol. The SMILES string of the molecule is CC1=CN(c2ccc(C(F)(F)F)cn2)C[C@@H](C)N1S(=O)(=O)c1cccc2c1CC(C(=O)O)C2. The van der Waals surface area contributed by atoms with E-state index in [1.54, 1.807) is 30.9 Å². The van der Waals surface area contributed by atoms with Crippen molar-refractivity contribution in [3.8, 4) is 0 Å². The van der Waals surface area contributed by atoms with Gasteiger partial charge < -0.3 is 10.0 Å². The van der Waals surface area contributed by atoms with Crippen molar-refractivity contribution in [3.05, 3.63) is 65.1 Å². The topological polar surface area (TPSA) is 90.8 Å². The van der Waals surface area contributed by atoms with Gasteiger partial charge >= 0.3 is 12.1 Å². The van der Waals surface area contributed by atoms with E-state index in [4.69, 9.17) is 0 Å². The Hall–Kier alpha value is -3.08. The summed E-state index contributed by atoms with van der Waals surface area (Å²) in [5, 5.41) is 9.37. The summed E-state index contributed by atoms with van der Waals surface area (Å²) in [6.45, 7) is 3.49. The molecule has 1 N–H and O–H groups in total. The van der Waals surface area contributed by atoms with Gasteiger partial charge in [0.05, 0.1) is 22.4 Å². The lowest BCUT2D eigenvalue weighted by atomic mass is 10.1. The molecular formula is C22H22F3N3O4S. The molecule has 0 fully saturated rings. The van der Waals surface area contributed by atoms with Crippen LogP contribution < -0.4 is 4.90 Å². The van der Waals surface area contributed by atoms with Gasteiger partial charge in [-0.3, -0.25) is 9.10 Å². The number of carboxylic acid groups (broad SMARTS) is 1. The number of halogens is 3. The van der Waals surface area contributed by atoms with E-state index in [1.165, 1.54) is 22.6 Å². The van der Waals surface area contributed by atoms with Crippen LogP contribution in [-0.2, 0) is 33.8 Å². The van der Waals surface area contributed by atoms with Crippen molar-refractivity contribution in [2.75, 3.05) is 11.4 Å². The van der Waals surface area contributed by atoms with Crippen LogP contribution in [-0.4, -0.2) is 41.4 Å². The first-order chi connectivity index (χ1) is 15.4. The number of hydrogen-bond acceptors (Lipinski definition) is 5. The molecule has 0 spiro atoms. The molecule has 2 heterocycles. The van der Waals surface area contributed by atoms with E-state index in [-0.39, 0.29) is 30.1 Å². The summed E-state index contributed by atoms with van der Waals surface area (Å²) in [6.07, 6.45) is -1.78. The molecule has 2 aliphatic rings. The maximum absolute atomic E-state index is 13.6. The van der Waals surface area contributed by atoms with Gasteiger partial charge in [0, 0.05) is 24.6 Å². The zero-order valence-corrected chi connectivity index (χ0v) is 18.7. The van der Waals surface area contributed by atoms with Gasteiger partial charge in [-0.25, -0.2) is 13.4 Å². The summed E-state index contributed by atoms with van der Waals surface area (Å²) in [7, 11) is -3.99. The number of carboxylic acids is 1. The Bertz CT molecular complexity index is 1230. The minimum Gasteiger partial charge on any atom is -0.481 e. The maximum Gasteiger partial charge on any atom is 0.417 e. The third kappa shape index (κ3) is 4.17. The zero-order valence-electron chi connectivity index (χ0n) is 17.9. The summed E-state index contributed by atoms with van der Waals surface area (Å²) >= 11 is 0. The number of aliphatic carboxylic acids is 1. The van der Waals surface area contributed by atoms with E-state index >= 15 is 0 Å². The first-order valence-corrected chi connectivity index (χ1v) is 11.7. The summed E-state index contributed by atoms with van der Waals surface area (Å²) in [5.74, 6) is -1.35. The first-order valence-electron chi connectivity index (χ1n) is 10.3. The number of rotatable bonds is 4. The van der Waals surface area contributed by atoms with Crippen LogP contribution >= 0.6 is 0 Å². The highest BCUT2D eigenvalue weighted by molar-refractivity contribution is 7.89. The molecule has 1 aliphatic carbocycles. The Morgan fingerprint density at radius 2 is 1.91 bits per heavy atom. The van der Waals surface area contributed by atoms with E-state index < -0.39 is 39.7 Å². The van der Waals surface area contributed by atoms with Crippen molar-refractivity contribution in [1.82, 2.24) is 9.29 Å². The summed E-state index contributed by atoms with van der Waals surface area (Å²) in [6, 6.07) is 6.49.